The summed E-state index contributed by atoms with van der Waals surface area (Å²) in [6, 6.07) is 12.3. The van der Waals surface area contributed by atoms with Crippen LogP contribution in [0.15, 0.2) is 64.8 Å². The summed E-state index contributed by atoms with van der Waals surface area (Å²) in [4.78, 5) is 29.9. The standard InChI is InChI=1S/C28H29ClF3IN5O4/c29-18-2-1-3-19(11-18)37-23-10-17(26(40)41)8-9-20(23)22(34)13-36-27(42)38(14-24(39)28(30,31)32)25(35)16-6-4-15(5-7-16)21-12-33-21/h1-7,11,17,21,24,35,39H,8-10,12-14,34H2,(H,36,42)(H,40,41)/q-1/b22-20-,35-25?,37-23?/t17?,21?,24-/m0/s1. The van der Waals surface area contributed by atoms with E-state index in [-0.39, 0.29) is 58.3 Å². The number of aliphatic carboxylic acids is 1. The van der Waals surface area contributed by atoms with Crippen molar-refractivity contribution < 1.29 is 54.2 Å². The number of amides is 2. The van der Waals surface area contributed by atoms with Crippen molar-refractivity contribution in [2.75, 3.05) is 17.5 Å². The summed E-state index contributed by atoms with van der Waals surface area (Å²) in [7, 11) is 0. The van der Waals surface area contributed by atoms with Crippen molar-refractivity contribution in [2.45, 2.75) is 35.5 Å². The van der Waals surface area contributed by atoms with Crippen LogP contribution in [-0.2, 0) is 4.79 Å². The van der Waals surface area contributed by atoms with E-state index in [9.17, 15) is 33.0 Å². The number of nitrogens with one attached hydrogen (secondary N) is 2. The van der Waals surface area contributed by atoms with E-state index in [1.54, 1.807) is 48.5 Å². The van der Waals surface area contributed by atoms with Gasteiger partial charge in [-0.05, 0) is 31.0 Å². The monoisotopic (exact) mass is 718 g/mol. The van der Waals surface area contributed by atoms with Crippen LogP contribution in [0, 0.1) is 11.3 Å². The zero-order chi connectivity index (χ0) is 30.6. The van der Waals surface area contributed by atoms with Crippen LogP contribution in [-0.4, -0.2) is 68.5 Å². The molecule has 0 radical (unpaired) electrons. The molecule has 0 bridgehead atoms. The normalized spacial score (nSPS) is 21.6. The van der Waals surface area contributed by atoms with Crippen molar-refractivity contribution in [1.82, 2.24) is 10.2 Å². The van der Waals surface area contributed by atoms with Gasteiger partial charge in [-0.25, -0.2) is 0 Å². The second kappa shape index (κ2) is 13.4. The Hall–Kier alpha value is -3.17. The average Bonchev–Trinajstić information content (AvgIpc) is 3.79. The Bertz CT molecular complexity index is 1410. The van der Waals surface area contributed by atoms with Crippen LogP contribution in [0.4, 0.5) is 23.7 Å². The Kier molecular flexibility index (Phi) is 10.1. The molecule has 0 aromatic heterocycles. The zero-order valence-electron chi connectivity index (χ0n) is 22.2. The maximum atomic E-state index is 13.2. The first-order chi connectivity index (χ1) is 19.8. The first-order valence-corrected chi connectivity index (χ1v) is 16.1. The molecule has 42 heavy (non-hydrogen) atoms. The molecule has 4 rings (SSSR count). The van der Waals surface area contributed by atoms with E-state index in [4.69, 9.17) is 22.7 Å². The molecule has 1 saturated heterocycles. The molecule has 6 N–H and O–H groups in total. The number of urea groups is 1. The van der Waals surface area contributed by atoms with E-state index in [2.05, 4.69) is 10.3 Å². The maximum absolute atomic E-state index is 13.2. The Morgan fingerprint density at radius 1 is 1.24 bits per heavy atom. The molecule has 2 unspecified atom stereocenters. The quantitative estimate of drug-likeness (QED) is 0.122. The molecule has 2 amide bonds. The molecule has 1 aliphatic heterocycles. The van der Waals surface area contributed by atoms with Gasteiger partial charge < -0.3 is 5.11 Å². The topological polar surface area (TPSA) is 152 Å². The number of rotatable bonds is 8. The van der Waals surface area contributed by atoms with E-state index in [0.29, 0.717) is 30.8 Å². The Labute approximate surface area is 255 Å². The number of carbonyl (C=O) groups excluding carboxylic acids is 1. The molecule has 2 fully saturated rings. The van der Waals surface area contributed by atoms with E-state index in [1.807, 2.05) is 0 Å². The first-order valence-electron chi connectivity index (χ1n) is 12.9. The van der Waals surface area contributed by atoms with Crippen LogP contribution >= 0.6 is 11.6 Å². The van der Waals surface area contributed by atoms with Gasteiger partial charge in [0.15, 0.2) is 0 Å². The van der Waals surface area contributed by atoms with E-state index < -0.39 is 42.6 Å². The van der Waals surface area contributed by atoms with Crippen LogP contribution in [0.3, 0.4) is 0 Å². The Morgan fingerprint density at radius 3 is 2.52 bits per heavy atom. The molecule has 2 aromatic carbocycles. The van der Waals surface area contributed by atoms with Crippen molar-refractivity contribution >= 4 is 40.8 Å². The van der Waals surface area contributed by atoms with Gasteiger partial charge in [0.2, 0.25) is 0 Å². The number of allylic oxidation sites excluding steroid dienone is 1. The fourth-order valence-electron chi connectivity index (χ4n) is 4.45. The molecule has 1 saturated carbocycles. The van der Waals surface area contributed by atoms with Gasteiger partial charge in [-0.15, -0.1) is 0 Å². The van der Waals surface area contributed by atoms with E-state index >= 15 is 0 Å². The number of aliphatic hydroxyl groups excluding tert-OH is 1. The number of benzene rings is 2. The molecular formula is C28H29ClF3IN5O4-. The molecule has 226 valence electrons. The van der Waals surface area contributed by atoms with Gasteiger partial charge in [0.05, 0.1) is 11.6 Å². The molecule has 2 aliphatic rings. The molecule has 1 heterocycles. The van der Waals surface area contributed by atoms with Crippen molar-refractivity contribution in [3.63, 3.8) is 0 Å². The average molecular weight is 719 g/mol. The van der Waals surface area contributed by atoms with Gasteiger partial charge in [0, 0.05) is 17.2 Å². The number of aliphatic hydroxyl groups is 1. The second-order valence-electron chi connectivity index (χ2n) is 9.89. The van der Waals surface area contributed by atoms with Crippen LogP contribution in [0.5, 0.6) is 0 Å². The first kappa shape index (κ1) is 31.8. The minimum Gasteiger partial charge on any atom is -0.481 e. The van der Waals surface area contributed by atoms with Gasteiger partial charge in [-0.2, -0.15) is 0 Å². The number of hydrogen-bond acceptors (Lipinski definition) is 6. The van der Waals surface area contributed by atoms with Crippen molar-refractivity contribution in [3.05, 3.63) is 76.0 Å². The van der Waals surface area contributed by atoms with E-state index in [1.165, 1.54) is 0 Å². The number of aliphatic imine (C=N–C) groups is 1. The number of amidine groups is 1. The molecule has 14 heteroatoms. The number of halogens is 5. The number of carbonyl (C=O) groups is 2. The Balaban J connectivity index is 1.55. The number of carboxylic acids is 1. The number of alkyl halides is 5. The summed E-state index contributed by atoms with van der Waals surface area (Å²) in [5, 5.41) is 30.6. The van der Waals surface area contributed by atoms with Gasteiger partial charge in [0.1, 0.15) is 0 Å². The van der Waals surface area contributed by atoms with Gasteiger partial charge in [0.25, 0.3) is 0 Å². The summed E-state index contributed by atoms with van der Waals surface area (Å²) in [5.74, 6) is -2.18. The molecule has 0 spiro atoms. The SMILES string of the molecule is N=C(c1ccc(C2C[I-]2)cc1)N(C[C@H](O)C(F)(F)F)C(=O)NC/C(N)=C1\CCC(C(=O)O)CC1=Nc1cccc(Cl)c1. The van der Waals surface area contributed by atoms with Crippen molar-refractivity contribution in [1.29, 1.82) is 5.41 Å². The fraction of sp³-hybridized carbons (Fsp3) is 0.357. The minimum atomic E-state index is -5.01. The molecular weight excluding hydrogens is 690 g/mol. The third-order valence-corrected chi connectivity index (χ3v) is 9.59. The molecule has 3 atom stereocenters. The fourth-order valence-corrected chi connectivity index (χ4v) is 6.32. The third-order valence-electron chi connectivity index (χ3n) is 6.87. The summed E-state index contributed by atoms with van der Waals surface area (Å²) < 4.78 is 41.3. The van der Waals surface area contributed by atoms with Gasteiger partial charge >= 0.3 is 164 Å². The third kappa shape index (κ3) is 8.22. The Morgan fingerprint density at radius 2 is 1.93 bits per heavy atom. The second-order valence-corrected chi connectivity index (χ2v) is 13.6. The number of hydrogen-bond donors (Lipinski definition) is 5. The summed E-state index contributed by atoms with van der Waals surface area (Å²) >= 11 is 6.19. The minimum absolute atomic E-state index is 0.0825. The predicted molar refractivity (Wildman–Crippen MR) is 148 cm³/mol. The number of carboxylic acid groups (broad SMARTS) is 1. The molecule has 1 aliphatic carbocycles. The molecule has 9 nitrogen and oxygen atoms in total. The predicted octanol–water partition coefficient (Wildman–Crippen LogP) is 1.61. The summed E-state index contributed by atoms with van der Waals surface area (Å²) in [6.45, 7) is -1.50. The van der Waals surface area contributed by atoms with Crippen molar-refractivity contribution in [3.8, 4) is 0 Å². The van der Waals surface area contributed by atoms with Gasteiger partial charge in [-0.1, -0.05) is 17.7 Å². The van der Waals surface area contributed by atoms with E-state index in [0.717, 1.165) is 9.99 Å². The zero-order valence-corrected chi connectivity index (χ0v) is 25.1. The number of nitrogens with zero attached hydrogens (tertiary/aromatic N) is 2. The summed E-state index contributed by atoms with van der Waals surface area (Å²) in [6.07, 6.45) is -7.27. The smallest absolute Gasteiger partial charge is 0.481 e. The van der Waals surface area contributed by atoms with Crippen LogP contribution < -0.4 is 32.3 Å². The number of nitrogens with two attached hydrogens (primary N) is 1. The van der Waals surface area contributed by atoms with Crippen LogP contribution in [0.2, 0.25) is 5.02 Å². The van der Waals surface area contributed by atoms with Crippen molar-refractivity contribution in [2.24, 2.45) is 16.6 Å². The van der Waals surface area contributed by atoms with Crippen LogP contribution in [0.25, 0.3) is 0 Å². The van der Waals surface area contributed by atoms with Crippen LogP contribution in [0.1, 0.15) is 34.3 Å². The molecule has 2 aromatic rings. The summed E-state index contributed by atoms with van der Waals surface area (Å²) in [5.41, 5.74) is 9.17. The van der Waals surface area contributed by atoms with Gasteiger partial charge in [-0.3, -0.25) is 9.79 Å².